The molecule has 0 unspecified atom stereocenters. The van der Waals surface area contributed by atoms with Crippen molar-refractivity contribution in [2.45, 2.75) is 45.6 Å². The van der Waals surface area contributed by atoms with Gasteiger partial charge in [-0.15, -0.1) is 0 Å². The van der Waals surface area contributed by atoms with Crippen molar-refractivity contribution in [3.8, 4) is 0 Å². The minimum atomic E-state index is -0.150. The Kier molecular flexibility index (Phi) is 5.55. The number of carbonyl (C=O) groups excluding carboxylic acids is 2. The van der Waals surface area contributed by atoms with Crippen LogP contribution in [0.4, 0.5) is 5.69 Å². The van der Waals surface area contributed by atoms with Crippen molar-refractivity contribution in [3.63, 3.8) is 0 Å². The molecule has 2 amide bonds. The van der Waals surface area contributed by atoms with E-state index < -0.39 is 0 Å². The molecule has 0 atom stereocenters. The van der Waals surface area contributed by atoms with Crippen LogP contribution in [0.5, 0.6) is 0 Å². The van der Waals surface area contributed by atoms with Crippen LogP contribution < -0.4 is 10.6 Å². The number of nitrogens with one attached hydrogen (secondary N) is 2. The van der Waals surface area contributed by atoms with Crippen LogP contribution in [0, 0.1) is 12.8 Å². The Morgan fingerprint density at radius 3 is 2.50 bits per heavy atom. The van der Waals surface area contributed by atoms with Crippen LogP contribution in [0.2, 0.25) is 0 Å². The fraction of sp³-hybridized carbons (Fsp3) is 0.529. The van der Waals surface area contributed by atoms with E-state index in [1.165, 1.54) is 6.92 Å². The minimum absolute atomic E-state index is 0.112. The third-order valence-corrected chi connectivity index (χ3v) is 4.25. The molecule has 1 aromatic carbocycles. The zero-order valence-corrected chi connectivity index (χ0v) is 13.2. The van der Waals surface area contributed by atoms with Gasteiger partial charge in [0.2, 0.25) is 5.91 Å². The molecule has 5 heteroatoms. The fourth-order valence-corrected chi connectivity index (χ4v) is 2.85. The SMILES string of the molecule is CC(=O)Nc1cc(C(=O)NC2CCC(CO)CC2)ccc1C. The summed E-state index contributed by atoms with van der Waals surface area (Å²) in [4.78, 5) is 23.5. The van der Waals surface area contributed by atoms with Gasteiger partial charge in [0.05, 0.1) is 0 Å². The van der Waals surface area contributed by atoms with Crippen LogP contribution in [0.3, 0.4) is 0 Å². The van der Waals surface area contributed by atoms with E-state index in [-0.39, 0.29) is 24.5 Å². The molecule has 1 fully saturated rings. The van der Waals surface area contributed by atoms with Gasteiger partial charge in [-0.3, -0.25) is 9.59 Å². The molecule has 1 aromatic rings. The molecule has 1 saturated carbocycles. The van der Waals surface area contributed by atoms with Crippen molar-refractivity contribution in [2.24, 2.45) is 5.92 Å². The summed E-state index contributed by atoms with van der Waals surface area (Å²) in [6, 6.07) is 5.49. The number of benzene rings is 1. The Hall–Kier alpha value is -1.88. The van der Waals surface area contributed by atoms with Crippen molar-refractivity contribution < 1.29 is 14.7 Å². The van der Waals surface area contributed by atoms with E-state index in [1.807, 2.05) is 13.0 Å². The van der Waals surface area contributed by atoms with Crippen molar-refractivity contribution in [2.75, 3.05) is 11.9 Å². The smallest absolute Gasteiger partial charge is 0.251 e. The van der Waals surface area contributed by atoms with Gasteiger partial charge in [-0.2, -0.15) is 0 Å². The molecule has 1 aliphatic rings. The van der Waals surface area contributed by atoms with E-state index >= 15 is 0 Å². The maximum atomic E-state index is 12.3. The van der Waals surface area contributed by atoms with Gasteiger partial charge < -0.3 is 15.7 Å². The highest BCUT2D eigenvalue weighted by molar-refractivity contribution is 5.97. The molecule has 5 nitrogen and oxygen atoms in total. The summed E-state index contributed by atoms with van der Waals surface area (Å²) in [6.07, 6.45) is 3.71. The predicted molar refractivity (Wildman–Crippen MR) is 85.8 cm³/mol. The number of aryl methyl sites for hydroxylation is 1. The Morgan fingerprint density at radius 2 is 1.91 bits per heavy atom. The molecule has 0 bridgehead atoms. The second kappa shape index (κ2) is 7.40. The quantitative estimate of drug-likeness (QED) is 0.798. The second-order valence-electron chi connectivity index (χ2n) is 6.08. The van der Waals surface area contributed by atoms with Crippen LogP contribution in [0.1, 0.15) is 48.5 Å². The lowest BCUT2D eigenvalue weighted by Gasteiger charge is -2.28. The van der Waals surface area contributed by atoms with E-state index in [0.717, 1.165) is 31.2 Å². The van der Waals surface area contributed by atoms with Gasteiger partial charge in [0, 0.05) is 30.8 Å². The summed E-state index contributed by atoms with van der Waals surface area (Å²) in [5.74, 6) is 0.112. The van der Waals surface area contributed by atoms with Gasteiger partial charge in [-0.05, 0) is 56.2 Å². The molecule has 0 saturated heterocycles. The van der Waals surface area contributed by atoms with Gasteiger partial charge in [-0.25, -0.2) is 0 Å². The lowest BCUT2D eigenvalue weighted by atomic mass is 9.86. The first-order chi connectivity index (χ1) is 10.5. The summed E-state index contributed by atoms with van der Waals surface area (Å²) in [6.45, 7) is 3.58. The lowest BCUT2D eigenvalue weighted by Crippen LogP contribution is -2.38. The maximum absolute atomic E-state index is 12.3. The van der Waals surface area contributed by atoms with Gasteiger partial charge in [-0.1, -0.05) is 6.07 Å². The Bertz CT molecular complexity index is 549. The number of aliphatic hydroxyl groups is 1. The first kappa shape index (κ1) is 16.5. The van der Waals surface area contributed by atoms with E-state index in [9.17, 15) is 9.59 Å². The predicted octanol–water partition coefficient (Wildman–Crippen LogP) is 2.23. The highest BCUT2D eigenvalue weighted by atomic mass is 16.3. The summed E-state index contributed by atoms with van der Waals surface area (Å²) in [5.41, 5.74) is 2.15. The summed E-state index contributed by atoms with van der Waals surface area (Å²) >= 11 is 0. The lowest BCUT2D eigenvalue weighted by molar-refractivity contribution is -0.114. The van der Waals surface area contributed by atoms with E-state index in [4.69, 9.17) is 5.11 Å². The average Bonchev–Trinajstić information content (AvgIpc) is 2.49. The first-order valence-corrected chi connectivity index (χ1v) is 7.79. The molecule has 22 heavy (non-hydrogen) atoms. The Balaban J connectivity index is 1.99. The molecule has 0 heterocycles. The van der Waals surface area contributed by atoms with Gasteiger partial charge in [0.15, 0.2) is 0 Å². The van der Waals surface area contributed by atoms with Crippen molar-refractivity contribution in [1.29, 1.82) is 0 Å². The zero-order chi connectivity index (χ0) is 16.1. The summed E-state index contributed by atoms with van der Waals surface area (Å²) < 4.78 is 0. The van der Waals surface area contributed by atoms with Crippen LogP contribution in [-0.4, -0.2) is 29.6 Å². The molecule has 0 aromatic heterocycles. The normalized spacial score (nSPS) is 21.2. The molecule has 1 aliphatic carbocycles. The third kappa shape index (κ3) is 4.31. The largest absolute Gasteiger partial charge is 0.396 e. The van der Waals surface area contributed by atoms with Crippen molar-refractivity contribution >= 4 is 17.5 Å². The number of rotatable bonds is 4. The number of anilines is 1. The van der Waals surface area contributed by atoms with Gasteiger partial charge in [0.25, 0.3) is 5.91 Å². The molecule has 2 rings (SSSR count). The topological polar surface area (TPSA) is 78.4 Å². The van der Waals surface area contributed by atoms with E-state index in [0.29, 0.717) is 17.2 Å². The standard InChI is InChI=1S/C17H24N2O3/c1-11-3-6-14(9-16(11)18-12(2)21)17(22)19-15-7-4-13(10-20)5-8-15/h3,6,9,13,15,20H,4-5,7-8,10H2,1-2H3,(H,18,21)(H,19,22). The number of amides is 2. The van der Waals surface area contributed by atoms with Crippen molar-refractivity contribution in [3.05, 3.63) is 29.3 Å². The second-order valence-corrected chi connectivity index (χ2v) is 6.08. The first-order valence-electron chi connectivity index (χ1n) is 7.79. The monoisotopic (exact) mass is 304 g/mol. The zero-order valence-electron chi connectivity index (χ0n) is 13.2. The number of aliphatic hydroxyl groups excluding tert-OH is 1. The highest BCUT2D eigenvalue weighted by Gasteiger charge is 2.22. The van der Waals surface area contributed by atoms with Gasteiger partial charge in [0.1, 0.15) is 0 Å². The van der Waals surface area contributed by atoms with Gasteiger partial charge >= 0.3 is 0 Å². The van der Waals surface area contributed by atoms with Crippen molar-refractivity contribution in [1.82, 2.24) is 5.32 Å². The molecular weight excluding hydrogens is 280 g/mol. The van der Waals surface area contributed by atoms with Crippen LogP contribution in [0.25, 0.3) is 0 Å². The molecule has 3 N–H and O–H groups in total. The Labute approximate surface area is 131 Å². The van der Waals surface area contributed by atoms with Crippen LogP contribution in [0.15, 0.2) is 18.2 Å². The van der Waals surface area contributed by atoms with E-state index in [1.54, 1.807) is 12.1 Å². The summed E-state index contributed by atoms with van der Waals surface area (Å²) in [5, 5.41) is 14.9. The van der Waals surface area contributed by atoms with Crippen LogP contribution in [-0.2, 0) is 4.79 Å². The van der Waals surface area contributed by atoms with Crippen LogP contribution >= 0.6 is 0 Å². The Morgan fingerprint density at radius 1 is 1.23 bits per heavy atom. The maximum Gasteiger partial charge on any atom is 0.251 e. The average molecular weight is 304 g/mol. The number of hydrogen-bond acceptors (Lipinski definition) is 3. The fourth-order valence-electron chi connectivity index (χ4n) is 2.85. The third-order valence-electron chi connectivity index (χ3n) is 4.25. The summed E-state index contributed by atoms with van der Waals surface area (Å²) in [7, 11) is 0. The minimum Gasteiger partial charge on any atom is -0.396 e. The number of hydrogen-bond donors (Lipinski definition) is 3. The van der Waals surface area contributed by atoms with E-state index in [2.05, 4.69) is 10.6 Å². The highest BCUT2D eigenvalue weighted by Crippen LogP contribution is 2.24. The molecule has 0 radical (unpaired) electrons. The molecular formula is C17H24N2O3. The molecule has 0 spiro atoms. The number of carbonyl (C=O) groups is 2. The molecule has 0 aliphatic heterocycles. The molecule has 120 valence electrons.